The maximum atomic E-state index is 13.0. The monoisotopic (exact) mass is 343 g/mol. The average molecular weight is 343 g/mol. The lowest BCUT2D eigenvalue weighted by Gasteiger charge is -2.32. The normalized spacial score (nSPS) is 23.5. The van der Waals surface area contributed by atoms with Gasteiger partial charge in [0.2, 0.25) is 9.84 Å². The van der Waals surface area contributed by atoms with Crippen molar-refractivity contribution in [2.45, 2.75) is 29.2 Å². The van der Waals surface area contributed by atoms with Crippen molar-refractivity contribution in [3.63, 3.8) is 0 Å². The first kappa shape index (κ1) is 15.6. The number of nitrogens with zero attached hydrogens (tertiary/aromatic N) is 2. The van der Waals surface area contributed by atoms with Gasteiger partial charge in [0.25, 0.3) is 0 Å². The van der Waals surface area contributed by atoms with E-state index in [2.05, 4.69) is 15.2 Å². The van der Waals surface area contributed by atoms with E-state index in [0.29, 0.717) is 16.9 Å². The van der Waals surface area contributed by atoms with Crippen LogP contribution in [0.2, 0.25) is 0 Å². The van der Waals surface area contributed by atoms with Gasteiger partial charge in [-0.15, -0.1) is 0 Å². The van der Waals surface area contributed by atoms with Crippen molar-refractivity contribution in [2.24, 2.45) is 5.92 Å². The molecule has 2 saturated heterocycles. The molecule has 24 heavy (non-hydrogen) atoms. The van der Waals surface area contributed by atoms with Gasteiger partial charge in [0.15, 0.2) is 0 Å². The Kier molecular flexibility index (Phi) is 3.81. The number of nitrogens with one attached hydrogen (secondary N) is 1. The first-order chi connectivity index (χ1) is 11.5. The highest BCUT2D eigenvalue weighted by Crippen LogP contribution is 2.30. The van der Waals surface area contributed by atoms with Crippen molar-refractivity contribution in [2.75, 3.05) is 24.5 Å². The van der Waals surface area contributed by atoms with Crippen molar-refractivity contribution in [1.82, 2.24) is 10.3 Å². The van der Waals surface area contributed by atoms with Crippen molar-refractivity contribution in [3.05, 3.63) is 48.3 Å². The third-order valence-electron chi connectivity index (χ3n) is 4.99. The molecule has 2 fully saturated rings. The van der Waals surface area contributed by atoms with Crippen molar-refractivity contribution < 1.29 is 8.42 Å². The number of sulfone groups is 1. The lowest BCUT2D eigenvalue weighted by atomic mass is 10.00. The minimum absolute atomic E-state index is 0.264. The number of aryl methyl sites for hydroxylation is 1. The van der Waals surface area contributed by atoms with E-state index >= 15 is 0 Å². The van der Waals surface area contributed by atoms with E-state index in [1.807, 2.05) is 19.1 Å². The topological polar surface area (TPSA) is 62.3 Å². The number of hydrogen-bond donors (Lipinski definition) is 1. The number of aromatic nitrogens is 1. The molecule has 0 aliphatic carbocycles. The number of piperidine rings is 1. The number of benzene rings is 1. The zero-order chi connectivity index (χ0) is 16.7. The number of anilines is 1. The first-order valence-electron chi connectivity index (χ1n) is 8.28. The number of rotatable bonds is 3. The second-order valence-corrected chi connectivity index (χ2v) is 8.68. The summed E-state index contributed by atoms with van der Waals surface area (Å²) in [5.41, 5.74) is 1.64. The molecule has 2 bridgehead atoms. The van der Waals surface area contributed by atoms with Gasteiger partial charge in [-0.1, -0.05) is 18.2 Å². The predicted octanol–water partition coefficient (Wildman–Crippen LogP) is 2.02. The highest BCUT2D eigenvalue weighted by atomic mass is 32.2. The van der Waals surface area contributed by atoms with E-state index in [1.165, 1.54) is 12.6 Å². The SMILES string of the molecule is Cc1ccccc1S(=O)(=O)c1cncc(N2CC3CNC(C3)C2)c1. The third kappa shape index (κ3) is 2.70. The molecular weight excluding hydrogens is 322 g/mol. The molecular formula is C18H21N3O2S. The van der Waals surface area contributed by atoms with Crippen molar-refractivity contribution in [1.29, 1.82) is 0 Å². The molecule has 0 radical (unpaired) electrons. The molecule has 1 N–H and O–H groups in total. The molecule has 1 aromatic heterocycles. The summed E-state index contributed by atoms with van der Waals surface area (Å²) < 4.78 is 25.9. The molecule has 2 unspecified atom stereocenters. The van der Waals surface area contributed by atoms with Gasteiger partial charge >= 0.3 is 0 Å². The summed E-state index contributed by atoms with van der Waals surface area (Å²) in [6.07, 6.45) is 4.43. The van der Waals surface area contributed by atoms with Crippen LogP contribution in [0, 0.1) is 12.8 Å². The Morgan fingerprint density at radius 1 is 1.21 bits per heavy atom. The smallest absolute Gasteiger partial charge is 0.208 e. The van der Waals surface area contributed by atoms with Gasteiger partial charge in [0.05, 0.1) is 21.7 Å². The Balaban J connectivity index is 1.69. The first-order valence-corrected chi connectivity index (χ1v) is 9.76. The average Bonchev–Trinajstić information content (AvgIpc) is 2.93. The molecule has 0 spiro atoms. The van der Waals surface area contributed by atoms with Crippen LogP contribution in [0.1, 0.15) is 12.0 Å². The summed E-state index contributed by atoms with van der Waals surface area (Å²) in [5.74, 6) is 0.639. The maximum absolute atomic E-state index is 13.0. The molecule has 6 heteroatoms. The minimum atomic E-state index is -3.55. The van der Waals surface area contributed by atoms with Crippen LogP contribution >= 0.6 is 0 Å². The third-order valence-corrected chi connectivity index (χ3v) is 6.87. The molecule has 4 rings (SSSR count). The Morgan fingerprint density at radius 2 is 2.04 bits per heavy atom. The van der Waals surface area contributed by atoms with Crippen molar-refractivity contribution in [3.8, 4) is 0 Å². The molecule has 0 amide bonds. The van der Waals surface area contributed by atoms with Gasteiger partial charge in [0.1, 0.15) is 0 Å². The van der Waals surface area contributed by atoms with Gasteiger partial charge in [-0.25, -0.2) is 8.42 Å². The Morgan fingerprint density at radius 3 is 2.83 bits per heavy atom. The molecule has 2 aliphatic heterocycles. The fourth-order valence-corrected chi connectivity index (χ4v) is 5.23. The Hall–Kier alpha value is -1.92. The van der Waals surface area contributed by atoms with Gasteiger partial charge in [-0.3, -0.25) is 4.98 Å². The molecule has 2 aromatic rings. The summed E-state index contributed by atoms with van der Waals surface area (Å²) in [6, 6.07) is 9.34. The number of fused-ring (bicyclic) bond motifs is 2. The molecule has 1 aromatic carbocycles. The molecule has 2 atom stereocenters. The van der Waals surface area contributed by atoms with Gasteiger partial charge in [-0.05, 0) is 37.0 Å². The van der Waals surface area contributed by atoms with Crippen LogP contribution in [-0.4, -0.2) is 39.1 Å². The largest absolute Gasteiger partial charge is 0.368 e. The fraction of sp³-hybridized carbons (Fsp3) is 0.389. The van der Waals surface area contributed by atoms with E-state index in [0.717, 1.165) is 30.9 Å². The van der Waals surface area contributed by atoms with Gasteiger partial charge in [0, 0.05) is 31.9 Å². The second kappa shape index (κ2) is 5.86. The standard InChI is InChI=1S/C18H21N3O2S/c1-13-4-2-3-5-18(13)24(22,23)17-7-16(9-19-10-17)21-11-14-6-15(12-21)20-8-14/h2-5,7,9-10,14-15,20H,6,8,11-12H2,1H3. The van der Waals surface area contributed by atoms with Gasteiger partial charge < -0.3 is 10.2 Å². The zero-order valence-electron chi connectivity index (χ0n) is 13.6. The summed E-state index contributed by atoms with van der Waals surface area (Å²) in [7, 11) is -3.55. The molecule has 3 heterocycles. The Bertz CT molecular complexity index is 854. The van der Waals surface area contributed by atoms with Crippen LogP contribution in [0.25, 0.3) is 0 Å². The summed E-state index contributed by atoms with van der Waals surface area (Å²) >= 11 is 0. The van der Waals surface area contributed by atoms with Crippen LogP contribution in [0.3, 0.4) is 0 Å². The van der Waals surface area contributed by atoms with Crippen LogP contribution in [0.4, 0.5) is 5.69 Å². The quantitative estimate of drug-likeness (QED) is 0.924. The maximum Gasteiger partial charge on any atom is 0.208 e. The van der Waals surface area contributed by atoms with E-state index in [1.54, 1.807) is 24.4 Å². The number of pyridine rings is 1. The van der Waals surface area contributed by atoms with Crippen LogP contribution in [-0.2, 0) is 9.84 Å². The summed E-state index contributed by atoms with van der Waals surface area (Å²) in [6.45, 7) is 4.74. The minimum Gasteiger partial charge on any atom is -0.368 e. The highest BCUT2D eigenvalue weighted by molar-refractivity contribution is 7.91. The molecule has 126 valence electrons. The lowest BCUT2D eigenvalue weighted by molar-refractivity contribution is 0.474. The Labute approximate surface area is 142 Å². The molecule has 0 saturated carbocycles. The van der Waals surface area contributed by atoms with E-state index in [-0.39, 0.29) is 4.90 Å². The van der Waals surface area contributed by atoms with Crippen molar-refractivity contribution >= 4 is 15.5 Å². The van der Waals surface area contributed by atoms with E-state index in [4.69, 9.17) is 0 Å². The fourth-order valence-electron chi connectivity index (χ4n) is 3.76. The number of hydrogen-bond acceptors (Lipinski definition) is 5. The zero-order valence-corrected chi connectivity index (χ0v) is 14.5. The summed E-state index contributed by atoms with van der Waals surface area (Å²) in [4.78, 5) is 7.08. The van der Waals surface area contributed by atoms with Gasteiger partial charge in [-0.2, -0.15) is 0 Å². The van der Waals surface area contributed by atoms with Crippen LogP contribution in [0.5, 0.6) is 0 Å². The lowest BCUT2D eigenvalue weighted by Crippen LogP contribution is -2.41. The van der Waals surface area contributed by atoms with Crippen LogP contribution < -0.4 is 10.2 Å². The predicted molar refractivity (Wildman–Crippen MR) is 93.0 cm³/mol. The molecule has 2 aliphatic rings. The summed E-state index contributed by atoms with van der Waals surface area (Å²) in [5, 5.41) is 3.52. The van der Waals surface area contributed by atoms with E-state index < -0.39 is 9.84 Å². The van der Waals surface area contributed by atoms with Crippen LogP contribution in [0.15, 0.2) is 52.5 Å². The van der Waals surface area contributed by atoms with E-state index in [9.17, 15) is 8.42 Å². The second-order valence-electron chi connectivity index (χ2n) is 6.76. The highest BCUT2D eigenvalue weighted by Gasteiger charge is 2.33. The molecule has 5 nitrogen and oxygen atoms in total.